The van der Waals surface area contributed by atoms with Crippen molar-refractivity contribution < 1.29 is 27.1 Å². The van der Waals surface area contributed by atoms with Crippen LogP contribution in [0, 0.1) is 0 Å². The summed E-state index contributed by atoms with van der Waals surface area (Å²) in [6.45, 7) is 0. The molecule has 2 aromatic carbocycles. The van der Waals surface area contributed by atoms with Crippen molar-refractivity contribution in [3.63, 3.8) is 0 Å². The van der Waals surface area contributed by atoms with Crippen molar-refractivity contribution in [3.8, 4) is 17.2 Å². The normalized spacial score (nSPS) is 11.6. The average Bonchev–Trinajstić information content (AvgIpc) is 3.02. The zero-order valence-electron chi connectivity index (χ0n) is 13.3. The Hall–Kier alpha value is -3.03. The Morgan fingerprint density at radius 2 is 1.84 bits per heavy atom. The molecule has 0 spiro atoms. The molecule has 0 saturated carbocycles. The summed E-state index contributed by atoms with van der Waals surface area (Å²) in [6.07, 6.45) is -4.95. The van der Waals surface area contributed by atoms with E-state index in [-0.39, 0.29) is 11.3 Å². The lowest BCUT2D eigenvalue weighted by Gasteiger charge is -2.18. The number of carbonyl (C=O) groups is 1. The molecular weight excluding hydrogens is 337 g/mol. The van der Waals surface area contributed by atoms with Crippen LogP contribution in [0.5, 0.6) is 5.75 Å². The van der Waals surface area contributed by atoms with Crippen molar-refractivity contribution in [2.24, 2.45) is 0 Å². The van der Waals surface area contributed by atoms with Crippen LogP contribution in [0.1, 0.15) is 0 Å². The molecule has 1 amide bonds. The number of fused-ring (bicyclic) bond motifs is 1. The topological polar surface area (TPSA) is 55.6 Å². The smallest absolute Gasteiger partial charge is 0.471 e. The lowest BCUT2D eigenvalue weighted by Crippen LogP contribution is -2.38. The first-order valence-corrected chi connectivity index (χ1v) is 7.19. The third kappa shape index (κ3) is 3.28. The molecule has 0 aliphatic rings. The van der Waals surface area contributed by atoms with Crippen molar-refractivity contribution in [1.82, 2.24) is 4.98 Å². The first-order chi connectivity index (χ1) is 11.8. The molecule has 5 nitrogen and oxygen atoms in total. The molecule has 130 valence electrons. The summed E-state index contributed by atoms with van der Waals surface area (Å²) < 4.78 is 48.3. The fourth-order valence-corrected chi connectivity index (χ4v) is 2.29. The fraction of sp³-hybridized carbons (Fsp3) is 0.176. The van der Waals surface area contributed by atoms with Crippen molar-refractivity contribution >= 4 is 22.7 Å². The van der Waals surface area contributed by atoms with Gasteiger partial charge in [-0.3, -0.25) is 4.79 Å². The summed E-state index contributed by atoms with van der Waals surface area (Å²) in [5.74, 6) is -0.962. The average molecular weight is 350 g/mol. The van der Waals surface area contributed by atoms with Gasteiger partial charge in [-0.05, 0) is 36.4 Å². The third-order valence-electron chi connectivity index (χ3n) is 3.64. The highest BCUT2D eigenvalue weighted by Crippen LogP contribution is 2.29. The minimum Gasteiger partial charge on any atom is -0.497 e. The molecular formula is C17H13F3N2O3. The number of carbonyl (C=O) groups excluding carboxylic acids is 1. The van der Waals surface area contributed by atoms with Gasteiger partial charge in [-0.25, -0.2) is 4.98 Å². The Morgan fingerprint density at radius 1 is 1.16 bits per heavy atom. The Bertz CT molecular complexity index is 917. The molecule has 8 heteroatoms. The molecule has 0 radical (unpaired) electrons. The number of oxazole rings is 1. The predicted molar refractivity (Wildman–Crippen MR) is 85.5 cm³/mol. The lowest BCUT2D eigenvalue weighted by atomic mass is 10.2. The van der Waals surface area contributed by atoms with E-state index in [4.69, 9.17) is 9.15 Å². The Morgan fingerprint density at radius 3 is 2.44 bits per heavy atom. The van der Waals surface area contributed by atoms with Gasteiger partial charge in [-0.2, -0.15) is 13.2 Å². The molecule has 3 aromatic rings. The second-order valence-corrected chi connectivity index (χ2v) is 5.26. The lowest BCUT2D eigenvalue weighted by molar-refractivity contribution is -0.170. The summed E-state index contributed by atoms with van der Waals surface area (Å²) in [5.41, 5.74) is 1.51. The molecule has 0 aliphatic carbocycles. The molecule has 0 saturated heterocycles. The second kappa shape index (κ2) is 6.12. The van der Waals surface area contributed by atoms with E-state index in [2.05, 4.69) is 4.98 Å². The van der Waals surface area contributed by atoms with Crippen molar-refractivity contribution in [2.45, 2.75) is 6.18 Å². The molecule has 0 aliphatic heterocycles. The quantitative estimate of drug-likeness (QED) is 0.716. The highest BCUT2D eigenvalue weighted by Gasteiger charge is 2.41. The van der Waals surface area contributed by atoms with Crippen molar-refractivity contribution in [3.05, 3.63) is 42.5 Å². The van der Waals surface area contributed by atoms with E-state index in [0.29, 0.717) is 27.6 Å². The number of hydrogen-bond acceptors (Lipinski definition) is 4. The maximum Gasteiger partial charge on any atom is 0.471 e. The van der Waals surface area contributed by atoms with Crippen LogP contribution in [0.2, 0.25) is 0 Å². The van der Waals surface area contributed by atoms with Crippen molar-refractivity contribution in [2.75, 3.05) is 19.1 Å². The Labute approximate surface area is 140 Å². The number of rotatable bonds is 3. The van der Waals surface area contributed by atoms with E-state index in [0.717, 1.165) is 7.05 Å². The monoisotopic (exact) mass is 350 g/mol. The van der Waals surface area contributed by atoms with Crippen LogP contribution in [0.15, 0.2) is 46.9 Å². The summed E-state index contributed by atoms with van der Waals surface area (Å²) in [7, 11) is 2.60. The van der Waals surface area contributed by atoms with Gasteiger partial charge < -0.3 is 14.1 Å². The van der Waals surface area contributed by atoms with Gasteiger partial charge in [0.15, 0.2) is 5.58 Å². The SMILES string of the molecule is COc1ccc(-c2nc3ccc(N(C)C(=O)C(F)(F)F)cc3o2)cc1. The molecule has 25 heavy (non-hydrogen) atoms. The highest BCUT2D eigenvalue weighted by atomic mass is 19.4. The zero-order valence-corrected chi connectivity index (χ0v) is 13.3. The zero-order chi connectivity index (χ0) is 18.2. The van der Waals surface area contributed by atoms with Gasteiger partial charge in [0.25, 0.3) is 0 Å². The molecule has 0 atom stereocenters. The molecule has 0 fully saturated rings. The summed E-state index contributed by atoms with van der Waals surface area (Å²) >= 11 is 0. The second-order valence-electron chi connectivity index (χ2n) is 5.26. The number of halogens is 3. The van der Waals surface area contributed by atoms with E-state index < -0.39 is 12.1 Å². The highest BCUT2D eigenvalue weighted by molar-refractivity contribution is 5.98. The van der Waals surface area contributed by atoms with E-state index in [1.165, 1.54) is 18.2 Å². The Balaban J connectivity index is 1.95. The molecule has 1 heterocycles. The van der Waals surface area contributed by atoms with Gasteiger partial charge >= 0.3 is 12.1 Å². The summed E-state index contributed by atoms with van der Waals surface area (Å²) in [4.78, 5) is 16.2. The minimum absolute atomic E-state index is 0.0623. The van der Waals surface area contributed by atoms with E-state index in [9.17, 15) is 18.0 Å². The number of alkyl halides is 3. The van der Waals surface area contributed by atoms with Gasteiger partial charge in [-0.15, -0.1) is 0 Å². The summed E-state index contributed by atoms with van der Waals surface area (Å²) in [6, 6.07) is 11.2. The van der Waals surface area contributed by atoms with Crippen LogP contribution >= 0.6 is 0 Å². The van der Waals surface area contributed by atoms with Crippen LogP contribution in [-0.4, -0.2) is 31.2 Å². The molecule has 3 rings (SSSR count). The summed E-state index contributed by atoms with van der Waals surface area (Å²) in [5, 5.41) is 0. The number of nitrogens with zero attached hydrogens (tertiary/aromatic N) is 2. The standard InChI is InChI=1S/C17H13F3N2O3/c1-22(16(23)17(18,19)20)11-5-8-13-14(9-11)25-15(21-13)10-3-6-12(24-2)7-4-10/h3-9H,1-2H3. The van der Waals surface area contributed by atoms with Crippen LogP contribution in [-0.2, 0) is 4.79 Å². The molecule has 0 unspecified atom stereocenters. The van der Waals surface area contributed by atoms with Crippen LogP contribution in [0.4, 0.5) is 18.9 Å². The third-order valence-corrected chi connectivity index (χ3v) is 3.64. The first-order valence-electron chi connectivity index (χ1n) is 7.19. The van der Waals surface area contributed by atoms with Gasteiger partial charge in [0, 0.05) is 24.4 Å². The van der Waals surface area contributed by atoms with E-state index >= 15 is 0 Å². The minimum atomic E-state index is -4.95. The number of amides is 1. The fourth-order valence-electron chi connectivity index (χ4n) is 2.29. The van der Waals surface area contributed by atoms with E-state index in [1.54, 1.807) is 31.4 Å². The largest absolute Gasteiger partial charge is 0.497 e. The number of anilines is 1. The molecule has 1 aromatic heterocycles. The van der Waals surface area contributed by atoms with Gasteiger partial charge in [-0.1, -0.05) is 0 Å². The number of hydrogen-bond donors (Lipinski definition) is 0. The number of methoxy groups -OCH3 is 1. The van der Waals surface area contributed by atoms with Crippen molar-refractivity contribution in [1.29, 1.82) is 0 Å². The maximum absolute atomic E-state index is 12.5. The van der Waals surface area contributed by atoms with Crippen LogP contribution < -0.4 is 9.64 Å². The van der Waals surface area contributed by atoms with Crippen LogP contribution in [0.3, 0.4) is 0 Å². The van der Waals surface area contributed by atoms with Gasteiger partial charge in [0.2, 0.25) is 5.89 Å². The molecule has 0 N–H and O–H groups in total. The maximum atomic E-state index is 12.5. The number of aromatic nitrogens is 1. The van der Waals surface area contributed by atoms with Crippen LogP contribution in [0.25, 0.3) is 22.6 Å². The Kier molecular flexibility index (Phi) is 4.12. The van der Waals surface area contributed by atoms with Gasteiger partial charge in [0.1, 0.15) is 11.3 Å². The number of ether oxygens (including phenoxy) is 1. The van der Waals surface area contributed by atoms with E-state index in [1.807, 2.05) is 0 Å². The first kappa shape index (κ1) is 16.8. The number of benzene rings is 2. The molecule has 0 bridgehead atoms. The predicted octanol–water partition coefficient (Wildman–Crippen LogP) is 4.03. The van der Waals surface area contributed by atoms with Gasteiger partial charge in [0.05, 0.1) is 7.11 Å².